The van der Waals surface area contributed by atoms with Gasteiger partial charge in [-0.2, -0.15) is 0 Å². The van der Waals surface area contributed by atoms with Crippen LogP contribution in [0.3, 0.4) is 0 Å². The molecule has 2 unspecified atom stereocenters. The minimum absolute atomic E-state index is 0.370. The van der Waals surface area contributed by atoms with Gasteiger partial charge in [0.25, 0.3) is 0 Å². The van der Waals surface area contributed by atoms with Crippen LogP contribution in [0.1, 0.15) is 32.6 Å². The topological polar surface area (TPSA) is 32.3 Å². The van der Waals surface area contributed by atoms with Gasteiger partial charge in [-0.25, -0.2) is 0 Å². The molecule has 0 radical (unpaired) electrons. The first-order chi connectivity index (χ1) is 6.17. The second-order valence-corrected chi connectivity index (χ2v) is 4.10. The average molecular weight is 181 g/mol. The molecule has 2 N–H and O–H groups in total. The molecule has 2 atom stereocenters. The van der Waals surface area contributed by atoms with E-state index in [0.29, 0.717) is 12.3 Å². The van der Waals surface area contributed by atoms with Gasteiger partial charge in [0, 0.05) is 13.0 Å². The van der Waals surface area contributed by atoms with Crippen LogP contribution in [0.5, 0.6) is 0 Å². The summed E-state index contributed by atoms with van der Waals surface area (Å²) in [6, 6.07) is 0. The lowest BCUT2D eigenvalue weighted by Gasteiger charge is -2.35. The Labute approximate surface area is 80.7 Å². The molecule has 1 aliphatic heterocycles. The molecule has 0 aliphatic carbocycles. The van der Waals surface area contributed by atoms with Crippen LogP contribution < -0.4 is 5.32 Å². The van der Waals surface area contributed by atoms with Crippen LogP contribution in [0.15, 0.2) is 0 Å². The third kappa shape index (κ3) is 3.02. The van der Waals surface area contributed by atoms with Gasteiger partial charge >= 0.3 is 0 Å². The molecule has 74 valence electrons. The molecule has 0 aromatic carbocycles. The Morgan fingerprint density at radius 2 is 2.46 bits per heavy atom. The third-order valence-electron chi connectivity index (χ3n) is 2.95. The Kier molecular flexibility index (Phi) is 3.77. The first kappa shape index (κ1) is 10.6. The maximum Gasteiger partial charge on any atom is 0.0669 e. The number of rotatable bonds is 3. The smallest absolute Gasteiger partial charge is 0.0669 e. The molecule has 1 rings (SSSR count). The number of aliphatic hydroxyl groups is 1. The van der Waals surface area contributed by atoms with Crippen molar-refractivity contribution < 1.29 is 5.11 Å². The summed E-state index contributed by atoms with van der Waals surface area (Å²) in [5.74, 6) is 2.95. The zero-order chi connectivity index (χ0) is 9.73. The highest BCUT2D eigenvalue weighted by Gasteiger charge is 2.31. The predicted octanol–water partition coefficient (Wildman–Crippen LogP) is 1.15. The molecule has 1 aliphatic rings. The summed E-state index contributed by atoms with van der Waals surface area (Å²) in [5, 5.41) is 13.4. The monoisotopic (exact) mass is 181 g/mol. The molecule has 0 aromatic rings. The van der Waals surface area contributed by atoms with Crippen molar-refractivity contribution in [2.24, 2.45) is 5.92 Å². The van der Waals surface area contributed by atoms with Crippen LogP contribution in [0, 0.1) is 18.3 Å². The van der Waals surface area contributed by atoms with Gasteiger partial charge in [0.1, 0.15) is 0 Å². The summed E-state index contributed by atoms with van der Waals surface area (Å²) < 4.78 is 0. The van der Waals surface area contributed by atoms with E-state index in [1.807, 2.05) is 6.92 Å². The van der Waals surface area contributed by atoms with Gasteiger partial charge < -0.3 is 10.4 Å². The lowest BCUT2D eigenvalue weighted by Crippen LogP contribution is -2.44. The van der Waals surface area contributed by atoms with Gasteiger partial charge in [-0.15, -0.1) is 12.3 Å². The highest BCUT2D eigenvalue weighted by Crippen LogP contribution is 2.27. The van der Waals surface area contributed by atoms with Crippen molar-refractivity contribution in [1.29, 1.82) is 0 Å². The van der Waals surface area contributed by atoms with E-state index in [9.17, 15) is 5.11 Å². The van der Waals surface area contributed by atoms with Gasteiger partial charge in [-0.3, -0.25) is 0 Å². The molecule has 1 heterocycles. The summed E-state index contributed by atoms with van der Waals surface area (Å²) in [5.41, 5.74) is -0.584. The zero-order valence-corrected chi connectivity index (χ0v) is 8.34. The molecular weight excluding hydrogens is 162 g/mol. The van der Waals surface area contributed by atoms with Gasteiger partial charge in [0.15, 0.2) is 0 Å². The maximum atomic E-state index is 10.1. The summed E-state index contributed by atoms with van der Waals surface area (Å²) in [4.78, 5) is 0. The number of terminal acetylenes is 1. The Morgan fingerprint density at radius 3 is 3.00 bits per heavy atom. The third-order valence-corrected chi connectivity index (χ3v) is 2.95. The van der Waals surface area contributed by atoms with E-state index in [2.05, 4.69) is 11.2 Å². The van der Waals surface area contributed by atoms with Crippen LogP contribution >= 0.6 is 0 Å². The Balaban J connectivity index is 2.42. The molecule has 0 amide bonds. The lowest BCUT2D eigenvalue weighted by atomic mass is 9.81. The van der Waals surface area contributed by atoms with Crippen molar-refractivity contribution in [3.8, 4) is 12.3 Å². The summed E-state index contributed by atoms with van der Waals surface area (Å²) in [6.45, 7) is 3.92. The van der Waals surface area contributed by atoms with Crippen LogP contribution in [0.2, 0.25) is 0 Å². The Morgan fingerprint density at radius 1 is 1.69 bits per heavy atom. The zero-order valence-electron chi connectivity index (χ0n) is 8.34. The van der Waals surface area contributed by atoms with E-state index >= 15 is 0 Å². The van der Waals surface area contributed by atoms with Crippen LogP contribution in [0.4, 0.5) is 0 Å². The summed E-state index contributed by atoms with van der Waals surface area (Å²) >= 11 is 0. The van der Waals surface area contributed by atoms with Crippen molar-refractivity contribution >= 4 is 0 Å². The van der Waals surface area contributed by atoms with Gasteiger partial charge in [-0.05, 0) is 38.6 Å². The van der Waals surface area contributed by atoms with E-state index in [-0.39, 0.29) is 0 Å². The van der Waals surface area contributed by atoms with Gasteiger partial charge in [0.05, 0.1) is 5.60 Å². The van der Waals surface area contributed by atoms with Crippen LogP contribution in [-0.2, 0) is 0 Å². The summed E-state index contributed by atoms with van der Waals surface area (Å²) in [7, 11) is 0. The van der Waals surface area contributed by atoms with Crippen molar-refractivity contribution in [3.05, 3.63) is 0 Å². The molecule has 0 aromatic heterocycles. The number of hydrogen-bond acceptors (Lipinski definition) is 2. The fourth-order valence-electron chi connectivity index (χ4n) is 1.91. The largest absolute Gasteiger partial charge is 0.390 e. The van der Waals surface area contributed by atoms with Crippen LogP contribution in [0.25, 0.3) is 0 Å². The molecule has 13 heavy (non-hydrogen) atoms. The minimum Gasteiger partial charge on any atom is -0.390 e. The van der Waals surface area contributed by atoms with Gasteiger partial charge in [-0.1, -0.05) is 0 Å². The second-order valence-electron chi connectivity index (χ2n) is 4.10. The average Bonchev–Trinajstić information content (AvgIpc) is 2.16. The quantitative estimate of drug-likeness (QED) is 0.640. The minimum atomic E-state index is -0.584. The maximum absolute atomic E-state index is 10.1. The first-order valence-corrected chi connectivity index (χ1v) is 5.03. The fourth-order valence-corrected chi connectivity index (χ4v) is 1.91. The first-order valence-electron chi connectivity index (χ1n) is 5.03. The highest BCUT2D eigenvalue weighted by atomic mass is 16.3. The second kappa shape index (κ2) is 4.64. The SMILES string of the molecule is C#CCCC(C)(O)C1CCCNC1. The number of piperidine rings is 1. The number of nitrogens with one attached hydrogen (secondary N) is 1. The Hall–Kier alpha value is -0.520. The molecule has 2 heteroatoms. The van der Waals surface area contributed by atoms with E-state index in [0.717, 1.165) is 32.4 Å². The molecule has 0 spiro atoms. The highest BCUT2D eigenvalue weighted by molar-refractivity contribution is 4.92. The van der Waals surface area contributed by atoms with Gasteiger partial charge in [0.2, 0.25) is 0 Å². The fraction of sp³-hybridized carbons (Fsp3) is 0.818. The predicted molar refractivity (Wildman–Crippen MR) is 54.3 cm³/mol. The number of hydrogen-bond donors (Lipinski definition) is 2. The molecule has 0 saturated carbocycles. The van der Waals surface area contributed by atoms with Crippen molar-refractivity contribution in [2.75, 3.05) is 13.1 Å². The molecule has 0 bridgehead atoms. The molecule has 2 nitrogen and oxygen atoms in total. The van der Waals surface area contributed by atoms with E-state index in [1.54, 1.807) is 0 Å². The van der Waals surface area contributed by atoms with Crippen molar-refractivity contribution in [2.45, 2.75) is 38.2 Å². The normalized spacial score (nSPS) is 27.6. The van der Waals surface area contributed by atoms with E-state index in [4.69, 9.17) is 6.42 Å². The molecular formula is C11H19NO. The van der Waals surface area contributed by atoms with E-state index < -0.39 is 5.60 Å². The lowest BCUT2D eigenvalue weighted by molar-refractivity contribution is -0.0166. The van der Waals surface area contributed by atoms with Crippen molar-refractivity contribution in [3.63, 3.8) is 0 Å². The van der Waals surface area contributed by atoms with Crippen molar-refractivity contribution in [1.82, 2.24) is 5.32 Å². The standard InChI is InChI=1S/C11H19NO/c1-3-4-7-11(2,13)10-6-5-8-12-9-10/h1,10,12-13H,4-9H2,2H3. The molecule has 1 saturated heterocycles. The Bertz CT molecular complexity index is 187. The summed E-state index contributed by atoms with van der Waals surface area (Å²) in [6.07, 6.45) is 8.86. The molecule has 1 fully saturated rings. The van der Waals surface area contributed by atoms with E-state index in [1.165, 1.54) is 0 Å². The van der Waals surface area contributed by atoms with Crippen LogP contribution in [-0.4, -0.2) is 23.8 Å².